The number of benzene rings is 2. The molecule has 4 nitrogen and oxygen atoms in total. The van der Waals surface area contributed by atoms with E-state index in [2.05, 4.69) is 0 Å². The van der Waals surface area contributed by atoms with Gasteiger partial charge in [-0.3, -0.25) is 4.79 Å². The van der Waals surface area contributed by atoms with Crippen LogP contribution in [0.3, 0.4) is 0 Å². The van der Waals surface area contributed by atoms with Crippen LogP contribution in [0.1, 0.15) is 12.5 Å². The molecular formula is C16H15ClO4S. The molecule has 0 bridgehead atoms. The molecule has 0 amide bonds. The van der Waals surface area contributed by atoms with Crippen LogP contribution in [0.2, 0.25) is 5.02 Å². The van der Waals surface area contributed by atoms with E-state index in [1.807, 2.05) is 18.2 Å². The standard InChI is InChI=1S/C16H15ClO4S/c1-16(15(18)19,22(2,20)21)12-9-7-11(8-10-12)13-5-3-4-6-14(13)17/h3-10H,1-2H3,(H,18,19). The number of aliphatic carboxylic acids is 1. The quantitative estimate of drug-likeness (QED) is 0.928. The third kappa shape index (κ3) is 2.74. The topological polar surface area (TPSA) is 71.4 Å². The van der Waals surface area contributed by atoms with Crippen molar-refractivity contribution in [2.24, 2.45) is 0 Å². The van der Waals surface area contributed by atoms with Crippen molar-refractivity contribution >= 4 is 27.4 Å². The van der Waals surface area contributed by atoms with E-state index in [0.29, 0.717) is 5.02 Å². The molecule has 0 radical (unpaired) electrons. The van der Waals surface area contributed by atoms with Crippen molar-refractivity contribution in [3.8, 4) is 11.1 Å². The van der Waals surface area contributed by atoms with Gasteiger partial charge in [-0.05, 0) is 24.1 Å². The summed E-state index contributed by atoms with van der Waals surface area (Å²) in [5.41, 5.74) is 1.79. The molecule has 116 valence electrons. The second-order valence-corrected chi connectivity index (χ2v) is 7.94. The van der Waals surface area contributed by atoms with Gasteiger partial charge in [-0.2, -0.15) is 0 Å². The highest BCUT2D eigenvalue weighted by Crippen LogP contribution is 2.33. The fourth-order valence-electron chi connectivity index (χ4n) is 2.16. The number of hydrogen-bond acceptors (Lipinski definition) is 3. The van der Waals surface area contributed by atoms with Crippen LogP contribution in [-0.4, -0.2) is 25.7 Å². The fraction of sp³-hybridized carbons (Fsp3) is 0.188. The van der Waals surface area contributed by atoms with Crippen LogP contribution in [0.5, 0.6) is 0 Å². The van der Waals surface area contributed by atoms with E-state index in [4.69, 9.17) is 11.6 Å². The molecule has 22 heavy (non-hydrogen) atoms. The molecule has 2 rings (SSSR count). The van der Waals surface area contributed by atoms with E-state index in [1.54, 1.807) is 18.2 Å². The Balaban J connectivity index is 2.53. The predicted molar refractivity (Wildman–Crippen MR) is 86.7 cm³/mol. The summed E-state index contributed by atoms with van der Waals surface area (Å²) in [4.78, 5) is 11.5. The lowest BCUT2D eigenvalue weighted by atomic mass is 9.97. The Kier molecular flexibility index (Phi) is 4.31. The van der Waals surface area contributed by atoms with E-state index in [9.17, 15) is 18.3 Å². The van der Waals surface area contributed by atoms with E-state index >= 15 is 0 Å². The number of rotatable bonds is 4. The number of halogens is 1. The maximum atomic E-state index is 11.9. The van der Waals surface area contributed by atoms with Crippen molar-refractivity contribution in [2.45, 2.75) is 11.7 Å². The first-order valence-electron chi connectivity index (χ1n) is 6.46. The molecular weight excluding hydrogens is 324 g/mol. The molecule has 0 aliphatic carbocycles. The molecule has 0 saturated heterocycles. The van der Waals surface area contributed by atoms with E-state index in [0.717, 1.165) is 17.4 Å². The van der Waals surface area contributed by atoms with Crippen molar-refractivity contribution in [1.29, 1.82) is 0 Å². The van der Waals surface area contributed by atoms with Crippen molar-refractivity contribution in [3.05, 3.63) is 59.1 Å². The molecule has 0 saturated carbocycles. The Hall–Kier alpha value is -1.85. The monoisotopic (exact) mass is 338 g/mol. The van der Waals surface area contributed by atoms with Gasteiger partial charge in [-0.15, -0.1) is 0 Å². The predicted octanol–water partition coefficient (Wildman–Crippen LogP) is 3.35. The lowest BCUT2D eigenvalue weighted by Crippen LogP contribution is -2.40. The first-order valence-corrected chi connectivity index (χ1v) is 8.73. The first kappa shape index (κ1) is 16.5. The lowest BCUT2D eigenvalue weighted by molar-refractivity contribution is -0.139. The SMILES string of the molecule is CC(C(=O)O)(c1ccc(-c2ccccc2Cl)cc1)S(C)(=O)=O. The molecule has 0 heterocycles. The Morgan fingerprint density at radius 2 is 1.64 bits per heavy atom. The Bertz CT molecular complexity index is 812. The van der Waals surface area contributed by atoms with E-state index in [1.165, 1.54) is 19.1 Å². The average Bonchev–Trinajstić information content (AvgIpc) is 2.46. The van der Waals surface area contributed by atoms with E-state index in [-0.39, 0.29) is 5.56 Å². The summed E-state index contributed by atoms with van der Waals surface area (Å²) < 4.78 is 21.8. The molecule has 2 aromatic rings. The minimum atomic E-state index is -3.83. The van der Waals surface area contributed by atoms with Crippen molar-refractivity contribution in [3.63, 3.8) is 0 Å². The summed E-state index contributed by atoms with van der Waals surface area (Å²) in [6, 6.07) is 13.6. The van der Waals surface area contributed by atoms with Crippen LogP contribution in [0.25, 0.3) is 11.1 Å². The molecule has 0 aliphatic heterocycles. The first-order chi connectivity index (χ1) is 10.2. The third-order valence-corrected chi connectivity index (χ3v) is 5.99. The highest BCUT2D eigenvalue weighted by Gasteiger charge is 2.45. The zero-order valence-corrected chi connectivity index (χ0v) is 13.6. The van der Waals surface area contributed by atoms with Gasteiger partial charge < -0.3 is 5.11 Å². The molecule has 2 aromatic carbocycles. The highest BCUT2D eigenvalue weighted by atomic mass is 35.5. The smallest absolute Gasteiger partial charge is 0.329 e. The van der Waals surface area contributed by atoms with Crippen molar-refractivity contribution < 1.29 is 18.3 Å². The Morgan fingerprint density at radius 3 is 2.09 bits per heavy atom. The lowest BCUT2D eigenvalue weighted by Gasteiger charge is -2.23. The summed E-state index contributed by atoms with van der Waals surface area (Å²) in [6.45, 7) is 1.19. The Morgan fingerprint density at radius 1 is 1.09 bits per heavy atom. The minimum absolute atomic E-state index is 0.207. The van der Waals surface area contributed by atoms with Crippen LogP contribution in [-0.2, 0) is 19.4 Å². The maximum Gasteiger partial charge on any atom is 0.329 e. The normalized spacial score (nSPS) is 14.3. The zero-order valence-electron chi connectivity index (χ0n) is 12.1. The van der Waals surface area contributed by atoms with Crippen LogP contribution in [0, 0.1) is 0 Å². The van der Waals surface area contributed by atoms with Gasteiger partial charge in [0.1, 0.15) is 0 Å². The number of carboxylic acids is 1. The summed E-state index contributed by atoms with van der Waals surface area (Å²) >= 11 is 6.12. The number of sulfone groups is 1. The second kappa shape index (κ2) is 5.74. The second-order valence-electron chi connectivity index (χ2n) is 5.17. The summed E-state index contributed by atoms with van der Waals surface area (Å²) in [5, 5.41) is 9.92. The largest absolute Gasteiger partial charge is 0.480 e. The molecule has 1 atom stereocenters. The average molecular weight is 339 g/mol. The number of hydrogen-bond donors (Lipinski definition) is 1. The molecule has 0 aliphatic rings. The number of carbonyl (C=O) groups is 1. The zero-order chi connectivity index (χ0) is 16.5. The molecule has 0 aromatic heterocycles. The molecule has 6 heteroatoms. The summed E-state index contributed by atoms with van der Waals surface area (Å²) in [7, 11) is -3.83. The van der Waals surface area contributed by atoms with Crippen LogP contribution in [0.4, 0.5) is 0 Å². The number of carboxylic acid groups (broad SMARTS) is 1. The van der Waals surface area contributed by atoms with Crippen molar-refractivity contribution in [2.75, 3.05) is 6.26 Å². The van der Waals surface area contributed by atoms with Crippen LogP contribution >= 0.6 is 11.6 Å². The molecule has 1 unspecified atom stereocenters. The maximum absolute atomic E-state index is 11.9. The molecule has 0 fully saturated rings. The van der Waals surface area contributed by atoms with Crippen LogP contribution in [0.15, 0.2) is 48.5 Å². The van der Waals surface area contributed by atoms with Gasteiger partial charge in [0.25, 0.3) is 0 Å². The minimum Gasteiger partial charge on any atom is -0.480 e. The van der Waals surface area contributed by atoms with Gasteiger partial charge in [0.05, 0.1) is 0 Å². The highest BCUT2D eigenvalue weighted by molar-refractivity contribution is 7.92. The van der Waals surface area contributed by atoms with Gasteiger partial charge in [0, 0.05) is 16.8 Å². The summed E-state index contributed by atoms with van der Waals surface area (Å²) in [6.07, 6.45) is 0.920. The Labute approximate surface area is 134 Å². The van der Waals surface area contributed by atoms with E-state index < -0.39 is 20.6 Å². The fourth-order valence-corrected chi connectivity index (χ4v) is 3.29. The summed E-state index contributed by atoms with van der Waals surface area (Å²) in [5.74, 6) is -1.40. The van der Waals surface area contributed by atoms with Crippen LogP contribution < -0.4 is 0 Å². The third-order valence-electron chi connectivity index (χ3n) is 3.77. The van der Waals surface area contributed by atoms with Gasteiger partial charge in [0.15, 0.2) is 14.6 Å². The molecule has 0 spiro atoms. The van der Waals surface area contributed by atoms with Gasteiger partial charge in [-0.1, -0.05) is 54.1 Å². The van der Waals surface area contributed by atoms with Crippen molar-refractivity contribution in [1.82, 2.24) is 0 Å². The van der Waals surface area contributed by atoms with Gasteiger partial charge in [-0.25, -0.2) is 8.42 Å². The van der Waals surface area contributed by atoms with Gasteiger partial charge >= 0.3 is 5.97 Å². The molecule has 1 N–H and O–H groups in total. The van der Waals surface area contributed by atoms with Gasteiger partial charge in [0.2, 0.25) is 0 Å².